The molecule has 1 nitrogen and oxygen atoms in total. The standard InChI is InChI=1S/C13H16O/c1-11(2)14-10-12(3)9-13-7-5-4-6-8-13/h4-9H,1,10H2,2-3H3/b12-9+. The van der Waals surface area contributed by atoms with Crippen LogP contribution in [0, 0.1) is 0 Å². The van der Waals surface area contributed by atoms with Crippen molar-refractivity contribution in [3.8, 4) is 0 Å². The van der Waals surface area contributed by atoms with Crippen molar-refractivity contribution in [2.75, 3.05) is 6.61 Å². The van der Waals surface area contributed by atoms with Gasteiger partial charge in [-0.2, -0.15) is 0 Å². The summed E-state index contributed by atoms with van der Waals surface area (Å²) in [6.07, 6.45) is 2.11. The van der Waals surface area contributed by atoms with Crippen LogP contribution >= 0.6 is 0 Å². The Kier molecular flexibility index (Phi) is 3.99. The van der Waals surface area contributed by atoms with E-state index in [1.54, 1.807) is 0 Å². The molecule has 0 aliphatic heterocycles. The fourth-order valence-corrected chi connectivity index (χ4v) is 1.11. The predicted octanol–water partition coefficient (Wildman–Crippen LogP) is 3.64. The Morgan fingerprint density at radius 3 is 2.50 bits per heavy atom. The minimum absolute atomic E-state index is 0.615. The van der Waals surface area contributed by atoms with Gasteiger partial charge in [-0.25, -0.2) is 0 Å². The van der Waals surface area contributed by atoms with Gasteiger partial charge in [0.25, 0.3) is 0 Å². The van der Waals surface area contributed by atoms with Crippen LogP contribution in [-0.2, 0) is 4.74 Å². The van der Waals surface area contributed by atoms with Crippen LogP contribution in [0.3, 0.4) is 0 Å². The topological polar surface area (TPSA) is 9.23 Å². The summed E-state index contributed by atoms with van der Waals surface area (Å²) in [7, 11) is 0. The minimum atomic E-state index is 0.615. The summed E-state index contributed by atoms with van der Waals surface area (Å²) in [5.74, 6) is 0.755. The van der Waals surface area contributed by atoms with Crippen molar-refractivity contribution in [1.82, 2.24) is 0 Å². The maximum Gasteiger partial charge on any atom is 0.109 e. The maximum atomic E-state index is 5.31. The number of allylic oxidation sites excluding steroid dienone is 1. The second-order valence-corrected chi connectivity index (χ2v) is 3.39. The lowest BCUT2D eigenvalue weighted by Gasteiger charge is -2.04. The zero-order valence-corrected chi connectivity index (χ0v) is 8.79. The summed E-state index contributed by atoms with van der Waals surface area (Å²) < 4.78 is 5.31. The third-order valence-corrected chi connectivity index (χ3v) is 1.76. The summed E-state index contributed by atoms with van der Waals surface area (Å²) in [6.45, 7) is 8.21. The molecule has 0 saturated heterocycles. The number of ether oxygens (including phenoxy) is 1. The molecule has 0 unspecified atom stereocenters. The zero-order chi connectivity index (χ0) is 10.4. The van der Waals surface area contributed by atoms with Gasteiger partial charge in [0.2, 0.25) is 0 Å². The fourth-order valence-electron chi connectivity index (χ4n) is 1.11. The monoisotopic (exact) mass is 188 g/mol. The highest BCUT2D eigenvalue weighted by atomic mass is 16.5. The first-order chi connectivity index (χ1) is 6.68. The Morgan fingerprint density at radius 1 is 1.29 bits per heavy atom. The lowest BCUT2D eigenvalue weighted by atomic mass is 10.1. The van der Waals surface area contributed by atoms with E-state index in [4.69, 9.17) is 4.74 Å². The van der Waals surface area contributed by atoms with Crippen LogP contribution in [0.5, 0.6) is 0 Å². The number of hydrogen-bond donors (Lipinski definition) is 0. The van der Waals surface area contributed by atoms with Crippen molar-refractivity contribution in [2.45, 2.75) is 13.8 Å². The lowest BCUT2D eigenvalue weighted by molar-refractivity contribution is 0.244. The molecule has 0 fully saturated rings. The average Bonchev–Trinajstić information content (AvgIpc) is 2.16. The molecule has 0 aliphatic rings. The Morgan fingerprint density at radius 2 is 1.93 bits per heavy atom. The van der Waals surface area contributed by atoms with Crippen molar-refractivity contribution < 1.29 is 4.74 Å². The second-order valence-electron chi connectivity index (χ2n) is 3.39. The van der Waals surface area contributed by atoms with Gasteiger partial charge in [0.1, 0.15) is 6.61 Å². The van der Waals surface area contributed by atoms with Crippen LogP contribution < -0.4 is 0 Å². The average molecular weight is 188 g/mol. The van der Waals surface area contributed by atoms with Crippen LogP contribution in [0.1, 0.15) is 19.4 Å². The molecular weight excluding hydrogens is 172 g/mol. The number of hydrogen-bond acceptors (Lipinski definition) is 1. The molecule has 0 bridgehead atoms. The van der Waals surface area contributed by atoms with Gasteiger partial charge < -0.3 is 4.74 Å². The molecule has 1 aromatic rings. The largest absolute Gasteiger partial charge is 0.495 e. The molecule has 0 aromatic heterocycles. The van der Waals surface area contributed by atoms with Crippen LogP contribution in [0.15, 0.2) is 48.2 Å². The van der Waals surface area contributed by atoms with Crippen LogP contribution in [0.4, 0.5) is 0 Å². The summed E-state index contributed by atoms with van der Waals surface area (Å²) in [6, 6.07) is 10.2. The summed E-state index contributed by atoms with van der Waals surface area (Å²) >= 11 is 0. The fraction of sp³-hybridized carbons (Fsp3) is 0.231. The van der Waals surface area contributed by atoms with Crippen LogP contribution in [0.2, 0.25) is 0 Å². The van der Waals surface area contributed by atoms with Crippen molar-refractivity contribution in [3.63, 3.8) is 0 Å². The van der Waals surface area contributed by atoms with Crippen molar-refractivity contribution in [3.05, 3.63) is 53.8 Å². The van der Waals surface area contributed by atoms with Gasteiger partial charge in [-0.3, -0.25) is 0 Å². The summed E-state index contributed by atoms with van der Waals surface area (Å²) in [4.78, 5) is 0. The highest BCUT2D eigenvalue weighted by Crippen LogP contribution is 2.07. The maximum absolute atomic E-state index is 5.31. The molecule has 1 rings (SSSR count). The van der Waals surface area contributed by atoms with Crippen molar-refractivity contribution in [1.29, 1.82) is 0 Å². The van der Waals surface area contributed by atoms with Gasteiger partial charge >= 0.3 is 0 Å². The van der Waals surface area contributed by atoms with Gasteiger partial charge in [0, 0.05) is 0 Å². The van der Waals surface area contributed by atoms with E-state index in [1.165, 1.54) is 11.1 Å². The van der Waals surface area contributed by atoms with E-state index in [0.29, 0.717) is 6.61 Å². The Balaban J connectivity index is 2.56. The van der Waals surface area contributed by atoms with Crippen LogP contribution in [0.25, 0.3) is 6.08 Å². The first kappa shape index (κ1) is 10.6. The molecule has 0 radical (unpaired) electrons. The molecule has 0 saturated carbocycles. The van der Waals surface area contributed by atoms with E-state index < -0.39 is 0 Å². The molecule has 0 amide bonds. The minimum Gasteiger partial charge on any atom is -0.495 e. The van der Waals surface area contributed by atoms with Crippen molar-refractivity contribution in [2.24, 2.45) is 0 Å². The molecular formula is C13H16O. The van der Waals surface area contributed by atoms with E-state index in [0.717, 1.165) is 5.76 Å². The molecule has 0 N–H and O–H groups in total. The molecule has 0 atom stereocenters. The SMILES string of the molecule is C=C(C)OC/C(C)=C/c1ccccc1. The Bertz CT molecular complexity index is 322. The van der Waals surface area contributed by atoms with E-state index >= 15 is 0 Å². The van der Waals surface area contributed by atoms with E-state index in [9.17, 15) is 0 Å². The normalized spacial score (nSPS) is 11.1. The smallest absolute Gasteiger partial charge is 0.109 e. The Hall–Kier alpha value is -1.50. The molecule has 1 heteroatoms. The summed E-state index contributed by atoms with van der Waals surface area (Å²) in [5, 5.41) is 0. The molecule has 0 aliphatic carbocycles. The molecule has 0 spiro atoms. The van der Waals surface area contributed by atoms with Crippen molar-refractivity contribution >= 4 is 6.08 Å². The van der Waals surface area contributed by atoms with Gasteiger partial charge in [-0.1, -0.05) is 43.0 Å². The van der Waals surface area contributed by atoms with E-state index in [2.05, 4.69) is 31.7 Å². The molecule has 74 valence electrons. The summed E-state index contributed by atoms with van der Waals surface area (Å²) in [5.41, 5.74) is 2.40. The molecule has 14 heavy (non-hydrogen) atoms. The molecule has 0 heterocycles. The predicted molar refractivity (Wildman–Crippen MR) is 60.9 cm³/mol. The zero-order valence-electron chi connectivity index (χ0n) is 8.79. The van der Waals surface area contributed by atoms with Gasteiger partial charge in [0.15, 0.2) is 0 Å². The van der Waals surface area contributed by atoms with Gasteiger partial charge in [-0.15, -0.1) is 0 Å². The number of rotatable bonds is 4. The van der Waals surface area contributed by atoms with E-state index in [1.807, 2.05) is 25.1 Å². The van der Waals surface area contributed by atoms with E-state index in [-0.39, 0.29) is 0 Å². The van der Waals surface area contributed by atoms with Crippen LogP contribution in [-0.4, -0.2) is 6.61 Å². The third-order valence-electron chi connectivity index (χ3n) is 1.76. The first-order valence-electron chi connectivity index (χ1n) is 4.69. The molecule has 1 aromatic carbocycles. The quantitative estimate of drug-likeness (QED) is 0.655. The van der Waals surface area contributed by atoms with Gasteiger partial charge in [-0.05, 0) is 25.0 Å². The third kappa shape index (κ3) is 3.94. The lowest BCUT2D eigenvalue weighted by Crippen LogP contribution is -1.92. The highest BCUT2D eigenvalue weighted by molar-refractivity contribution is 5.52. The first-order valence-corrected chi connectivity index (χ1v) is 4.69. The Labute approximate surface area is 85.7 Å². The second kappa shape index (κ2) is 5.28. The van der Waals surface area contributed by atoms with Gasteiger partial charge in [0.05, 0.1) is 5.76 Å². The number of benzene rings is 1. The highest BCUT2D eigenvalue weighted by Gasteiger charge is 1.91.